The van der Waals surface area contributed by atoms with Crippen LogP contribution in [0.5, 0.6) is 5.75 Å². The summed E-state index contributed by atoms with van der Waals surface area (Å²) >= 11 is 6.58. The van der Waals surface area contributed by atoms with E-state index in [1.54, 1.807) is 0 Å². The molecule has 336 valence electrons. The van der Waals surface area contributed by atoms with Crippen molar-refractivity contribution < 1.29 is 27.5 Å². The molecule has 3 saturated heterocycles. The van der Waals surface area contributed by atoms with Crippen LogP contribution in [0.2, 0.25) is 5.02 Å². The van der Waals surface area contributed by atoms with Crippen LogP contribution in [0.1, 0.15) is 93.3 Å². The number of halogens is 4. The van der Waals surface area contributed by atoms with Crippen LogP contribution in [0, 0.1) is 17.7 Å². The third-order valence-corrected chi connectivity index (χ3v) is 14.7. The van der Waals surface area contributed by atoms with Crippen LogP contribution in [-0.4, -0.2) is 92.3 Å². The summed E-state index contributed by atoms with van der Waals surface area (Å²) in [5, 5.41) is 15.0. The van der Waals surface area contributed by atoms with Gasteiger partial charge in [0.05, 0.1) is 52.3 Å². The number of fused-ring (bicyclic) bond motifs is 4. The number of imide groups is 1. The number of likely N-dealkylation sites (tertiary alicyclic amines) is 1. The Kier molecular flexibility index (Phi) is 10.3. The largest absolute Gasteiger partial charge is 0.480 e. The SMILES string of the molecule is Cn1c(=O)c2c(c3cc(Nc4nc(N5CCC(CN6CCC(c7ccc8c(C9CCC(=O)NC9=O)nn(C9CC9)c8c7)CC6)CC5)ncc4Cl)c(F)cc31)NC(C1CC1)C(F)(F)CO2. The number of aromatic nitrogens is 5. The molecule has 2 amide bonds. The zero-order chi connectivity index (χ0) is 44.0. The van der Waals surface area contributed by atoms with Gasteiger partial charge >= 0.3 is 5.92 Å². The maximum absolute atomic E-state index is 15.8. The fraction of sp³-hybridized carbons (Fsp3) is 0.522. The number of benzene rings is 2. The second kappa shape index (κ2) is 15.9. The van der Waals surface area contributed by atoms with E-state index in [4.69, 9.17) is 26.4 Å². The zero-order valence-corrected chi connectivity index (χ0v) is 36.3. The fourth-order valence-electron chi connectivity index (χ4n) is 10.4. The number of rotatable bonds is 9. The fourth-order valence-corrected chi connectivity index (χ4v) is 10.6. The number of aryl methyl sites for hydroxylation is 1. The Hall–Kier alpha value is -5.42. The first-order chi connectivity index (χ1) is 30.9. The molecule has 2 aromatic carbocycles. The van der Waals surface area contributed by atoms with E-state index in [9.17, 15) is 14.4 Å². The summed E-state index contributed by atoms with van der Waals surface area (Å²) in [7, 11) is 1.46. The summed E-state index contributed by atoms with van der Waals surface area (Å²) in [6.45, 7) is 3.63. The standard InChI is InChI=1S/C46H50ClF3N10O4/c1-57-35-20-33(48)34(19-31(35)39-40(44(57)63)64-23-46(49,50)41(54-39)26-2-3-26)52-42-32(47)21-51-45(55-42)59-16-10-24(11-17-59)22-58-14-12-25(13-15-58)27-4-7-29-36(18-27)60(28-5-6-28)56-38(29)30-8-9-37(61)53-43(30)62/h4,7,18-21,24-26,28,30,41,54H,2-3,5-6,8-17,22-23H2,1H3,(H,51,52,55)(H,53,61,62). The van der Waals surface area contributed by atoms with E-state index in [2.05, 4.69) is 53.6 Å². The summed E-state index contributed by atoms with van der Waals surface area (Å²) in [6, 6.07) is 8.47. The Labute approximate surface area is 371 Å². The molecule has 18 heteroatoms. The highest BCUT2D eigenvalue weighted by molar-refractivity contribution is 6.33. The summed E-state index contributed by atoms with van der Waals surface area (Å²) in [5.41, 5.74) is 2.92. The lowest BCUT2D eigenvalue weighted by Gasteiger charge is -2.38. The third kappa shape index (κ3) is 7.61. The molecule has 4 aliphatic heterocycles. The number of hydrogen-bond acceptors (Lipinski definition) is 11. The van der Waals surface area contributed by atoms with Crippen molar-refractivity contribution in [2.75, 3.05) is 54.9 Å². The molecule has 3 aromatic heterocycles. The molecule has 2 atom stereocenters. The molecule has 14 nitrogen and oxygen atoms in total. The molecule has 2 saturated carbocycles. The minimum atomic E-state index is -3.20. The van der Waals surface area contributed by atoms with E-state index in [1.807, 2.05) is 0 Å². The smallest absolute Gasteiger partial charge is 0.301 e. The number of ether oxygens (including phenoxy) is 1. The Morgan fingerprint density at radius 1 is 0.938 bits per heavy atom. The molecule has 64 heavy (non-hydrogen) atoms. The van der Waals surface area contributed by atoms with Crippen LogP contribution in [0.15, 0.2) is 41.3 Å². The van der Waals surface area contributed by atoms with E-state index in [0.717, 1.165) is 87.8 Å². The van der Waals surface area contributed by atoms with Gasteiger partial charge < -0.3 is 29.7 Å². The Balaban J connectivity index is 0.732. The van der Waals surface area contributed by atoms with Gasteiger partial charge in [0.1, 0.15) is 10.8 Å². The third-order valence-electron chi connectivity index (χ3n) is 14.4. The van der Waals surface area contributed by atoms with Gasteiger partial charge in [-0.2, -0.15) is 10.1 Å². The van der Waals surface area contributed by atoms with Crippen molar-refractivity contribution >= 4 is 68.4 Å². The van der Waals surface area contributed by atoms with E-state index < -0.39 is 35.9 Å². The lowest BCUT2D eigenvalue weighted by atomic mass is 9.87. The van der Waals surface area contributed by atoms with Crippen molar-refractivity contribution in [3.8, 4) is 5.75 Å². The molecule has 5 aromatic rings. The highest BCUT2D eigenvalue weighted by Gasteiger charge is 2.51. The van der Waals surface area contributed by atoms with Gasteiger partial charge in [-0.3, -0.25) is 24.4 Å². The minimum absolute atomic E-state index is 0.00694. The number of nitrogens with zero attached hydrogens (tertiary/aromatic N) is 7. The summed E-state index contributed by atoms with van der Waals surface area (Å²) in [6.07, 6.45) is 9.83. The molecule has 11 rings (SSSR count). The van der Waals surface area contributed by atoms with Crippen molar-refractivity contribution in [1.82, 2.24) is 34.5 Å². The molecule has 6 aliphatic rings. The van der Waals surface area contributed by atoms with Crippen molar-refractivity contribution in [2.24, 2.45) is 18.9 Å². The second-order valence-corrected chi connectivity index (χ2v) is 19.2. The number of carbonyl (C=O) groups excluding carboxylic acids is 2. The molecule has 0 bridgehead atoms. The quantitative estimate of drug-likeness (QED) is 0.127. The lowest BCUT2D eigenvalue weighted by molar-refractivity contribution is -0.134. The number of carbonyl (C=O) groups is 2. The van der Waals surface area contributed by atoms with Gasteiger partial charge in [-0.05, 0) is 106 Å². The number of pyridine rings is 1. The lowest BCUT2D eigenvalue weighted by Crippen LogP contribution is -2.44. The predicted octanol–water partition coefficient (Wildman–Crippen LogP) is 7.38. The maximum Gasteiger partial charge on any atom is 0.301 e. The highest BCUT2D eigenvalue weighted by Crippen LogP contribution is 2.46. The molecule has 0 spiro atoms. The van der Waals surface area contributed by atoms with Crippen molar-refractivity contribution in [3.63, 3.8) is 0 Å². The Morgan fingerprint density at radius 2 is 1.72 bits per heavy atom. The van der Waals surface area contributed by atoms with Crippen LogP contribution >= 0.6 is 11.6 Å². The summed E-state index contributed by atoms with van der Waals surface area (Å²) < 4.78 is 55.0. The van der Waals surface area contributed by atoms with Crippen LogP contribution < -0.4 is 31.1 Å². The molecule has 2 aliphatic carbocycles. The van der Waals surface area contributed by atoms with Crippen molar-refractivity contribution in [3.05, 3.63) is 69.0 Å². The highest BCUT2D eigenvalue weighted by atomic mass is 35.5. The van der Waals surface area contributed by atoms with Crippen LogP contribution in [0.4, 0.5) is 36.3 Å². The zero-order valence-electron chi connectivity index (χ0n) is 35.5. The van der Waals surface area contributed by atoms with E-state index in [0.29, 0.717) is 54.9 Å². The van der Waals surface area contributed by atoms with Crippen LogP contribution in [0.25, 0.3) is 21.8 Å². The molecule has 7 heterocycles. The summed E-state index contributed by atoms with van der Waals surface area (Å²) in [5.74, 6) is -3.61. The average Bonchev–Trinajstić information content (AvgIpc) is 4.24. The van der Waals surface area contributed by atoms with Crippen LogP contribution in [-0.2, 0) is 16.6 Å². The van der Waals surface area contributed by atoms with Gasteiger partial charge in [-0.15, -0.1) is 0 Å². The van der Waals surface area contributed by atoms with Gasteiger partial charge in [0.25, 0.3) is 5.56 Å². The maximum atomic E-state index is 15.8. The van der Waals surface area contributed by atoms with Crippen molar-refractivity contribution in [2.45, 2.75) is 94.1 Å². The van der Waals surface area contributed by atoms with Gasteiger partial charge in [0, 0.05) is 49.9 Å². The van der Waals surface area contributed by atoms with E-state index >= 15 is 13.2 Å². The first kappa shape index (κ1) is 41.3. The van der Waals surface area contributed by atoms with Crippen LogP contribution in [0.3, 0.4) is 0 Å². The average molecular weight is 899 g/mol. The number of nitrogens with one attached hydrogen (secondary N) is 3. The number of anilines is 4. The van der Waals surface area contributed by atoms with Crippen molar-refractivity contribution in [1.29, 1.82) is 0 Å². The Morgan fingerprint density at radius 3 is 2.45 bits per heavy atom. The minimum Gasteiger partial charge on any atom is -0.480 e. The van der Waals surface area contributed by atoms with Gasteiger partial charge in [-0.1, -0.05) is 23.7 Å². The number of amides is 2. The Bertz CT molecular complexity index is 2760. The normalized spacial score (nSPS) is 23.4. The predicted molar refractivity (Wildman–Crippen MR) is 237 cm³/mol. The summed E-state index contributed by atoms with van der Waals surface area (Å²) in [4.78, 5) is 51.8. The number of alkyl halides is 2. The van der Waals surface area contributed by atoms with Gasteiger partial charge in [-0.25, -0.2) is 18.2 Å². The first-order valence-corrected chi connectivity index (χ1v) is 23.0. The van der Waals surface area contributed by atoms with Gasteiger partial charge in [0.15, 0.2) is 12.4 Å². The topological polar surface area (TPSA) is 152 Å². The van der Waals surface area contributed by atoms with E-state index in [1.165, 1.54) is 35.5 Å². The molecule has 2 unspecified atom stereocenters. The molecule has 5 fully saturated rings. The number of piperidine rings is 3. The first-order valence-electron chi connectivity index (χ1n) is 22.6. The second-order valence-electron chi connectivity index (χ2n) is 18.8. The number of hydrogen-bond donors (Lipinski definition) is 3. The monoisotopic (exact) mass is 898 g/mol. The molecular formula is C46H50ClF3N10O4. The van der Waals surface area contributed by atoms with E-state index in [-0.39, 0.29) is 51.2 Å². The molecule has 0 radical (unpaired) electrons. The molecular weight excluding hydrogens is 849 g/mol. The molecule has 3 N–H and O–H groups in total. The van der Waals surface area contributed by atoms with Gasteiger partial charge in [0.2, 0.25) is 23.5 Å².